The van der Waals surface area contributed by atoms with Gasteiger partial charge in [-0.25, -0.2) is 0 Å². The van der Waals surface area contributed by atoms with Gasteiger partial charge in [0.15, 0.2) is 0 Å². The Morgan fingerprint density at radius 2 is 2.24 bits per heavy atom. The molecule has 0 unspecified atom stereocenters. The van der Waals surface area contributed by atoms with Gasteiger partial charge in [0.25, 0.3) is 0 Å². The lowest BCUT2D eigenvalue weighted by molar-refractivity contribution is -0.118. The molecule has 0 aromatic carbocycles. The van der Waals surface area contributed by atoms with Crippen molar-refractivity contribution >= 4 is 22.5 Å². The van der Waals surface area contributed by atoms with Gasteiger partial charge in [-0.3, -0.25) is 14.5 Å². The Labute approximate surface area is 98.2 Å². The highest BCUT2D eigenvalue weighted by Crippen LogP contribution is 2.25. The molecule has 1 aliphatic rings. The number of piperazine rings is 1. The van der Waals surface area contributed by atoms with Gasteiger partial charge < -0.3 is 10.2 Å². The Morgan fingerprint density at radius 1 is 1.35 bits per heavy atom. The van der Waals surface area contributed by atoms with E-state index < -0.39 is 0 Å². The molecule has 3 heterocycles. The summed E-state index contributed by atoms with van der Waals surface area (Å²) < 4.78 is 1.76. The van der Waals surface area contributed by atoms with Crippen molar-refractivity contribution in [2.24, 2.45) is 7.05 Å². The third kappa shape index (κ3) is 1.57. The van der Waals surface area contributed by atoms with Crippen molar-refractivity contribution in [3.05, 3.63) is 18.6 Å². The number of amides is 1. The van der Waals surface area contributed by atoms with Crippen LogP contribution < -0.4 is 10.2 Å². The number of aromatic nitrogens is 3. The van der Waals surface area contributed by atoms with Crippen molar-refractivity contribution in [1.29, 1.82) is 0 Å². The highest BCUT2D eigenvalue weighted by atomic mass is 16.2. The second kappa shape index (κ2) is 3.81. The quantitative estimate of drug-likeness (QED) is 0.744. The average molecular weight is 231 g/mol. The lowest BCUT2D eigenvalue weighted by Crippen LogP contribution is -2.48. The molecule has 6 nitrogen and oxygen atoms in total. The first-order valence-corrected chi connectivity index (χ1v) is 5.54. The minimum Gasteiger partial charge on any atom is -0.308 e. The molecule has 0 saturated carbocycles. The smallest absolute Gasteiger partial charge is 0.241 e. The van der Waals surface area contributed by atoms with E-state index >= 15 is 0 Å². The molecule has 0 spiro atoms. The van der Waals surface area contributed by atoms with Crippen molar-refractivity contribution in [3.63, 3.8) is 0 Å². The summed E-state index contributed by atoms with van der Waals surface area (Å²) in [7, 11) is 1.87. The van der Waals surface area contributed by atoms with E-state index in [1.807, 2.05) is 7.05 Å². The first kappa shape index (κ1) is 10.2. The SMILES string of the molecule is Cn1ncc2c(N3CCNCC3=O)cncc21. The van der Waals surface area contributed by atoms with Crippen molar-refractivity contribution in [2.75, 3.05) is 24.5 Å². The van der Waals surface area contributed by atoms with E-state index in [0.29, 0.717) is 13.1 Å². The van der Waals surface area contributed by atoms with Gasteiger partial charge in [-0.15, -0.1) is 0 Å². The highest BCUT2D eigenvalue weighted by molar-refractivity contribution is 6.03. The molecule has 2 aromatic rings. The number of nitrogens with zero attached hydrogens (tertiary/aromatic N) is 4. The van der Waals surface area contributed by atoms with Gasteiger partial charge in [0.05, 0.1) is 36.3 Å². The maximum absolute atomic E-state index is 11.9. The number of nitrogens with one attached hydrogen (secondary N) is 1. The normalized spacial score (nSPS) is 16.8. The Balaban J connectivity index is 2.13. The molecule has 0 radical (unpaired) electrons. The van der Waals surface area contributed by atoms with E-state index in [4.69, 9.17) is 0 Å². The Hall–Kier alpha value is -1.95. The van der Waals surface area contributed by atoms with Crippen molar-refractivity contribution < 1.29 is 4.79 Å². The van der Waals surface area contributed by atoms with Gasteiger partial charge in [0, 0.05) is 25.5 Å². The van der Waals surface area contributed by atoms with Crippen LogP contribution in [0.2, 0.25) is 0 Å². The molecule has 88 valence electrons. The molecule has 1 aliphatic heterocycles. The first-order valence-electron chi connectivity index (χ1n) is 5.54. The maximum atomic E-state index is 11.9. The molecule has 6 heteroatoms. The number of anilines is 1. The lowest BCUT2D eigenvalue weighted by atomic mass is 10.2. The van der Waals surface area contributed by atoms with Gasteiger partial charge in [0.2, 0.25) is 5.91 Å². The zero-order valence-electron chi connectivity index (χ0n) is 9.55. The predicted octanol–water partition coefficient (Wildman–Crippen LogP) is -0.0955. The van der Waals surface area contributed by atoms with Gasteiger partial charge >= 0.3 is 0 Å². The van der Waals surface area contributed by atoms with Crippen LogP contribution in [0.5, 0.6) is 0 Å². The van der Waals surface area contributed by atoms with Crippen LogP contribution in [-0.2, 0) is 11.8 Å². The Bertz CT molecular complexity index is 576. The number of rotatable bonds is 1. The summed E-state index contributed by atoms with van der Waals surface area (Å²) in [6.45, 7) is 1.87. The standard InChI is InChI=1S/C11H13N5O/c1-15-9-5-13-6-10(8(9)4-14-15)16-3-2-12-7-11(16)17/h4-6,12H,2-3,7H2,1H3. The predicted molar refractivity (Wildman–Crippen MR) is 63.7 cm³/mol. The van der Waals surface area contributed by atoms with Gasteiger partial charge in [-0.2, -0.15) is 5.10 Å². The van der Waals surface area contributed by atoms with Crippen LogP contribution >= 0.6 is 0 Å². The molecular formula is C11H13N5O. The van der Waals surface area contributed by atoms with E-state index in [0.717, 1.165) is 23.1 Å². The zero-order valence-corrected chi connectivity index (χ0v) is 9.55. The van der Waals surface area contributed by atoms with Crippen LogP contribution in [0.15, 0.2) is 18.6 Å². The van der Waals surface area contributed by atoms with Crippen LogP contribution in [0.4, 0.5) is 5.69 Å². The maximum Gasteiger partial charge on any atom is 0.241 e. The summed E-state index contributed by atoms with van der Waals surface area (Å²) in [6.07, 6.45) is 5.27. The molecule has 1 saturated heterocycles. The second-order valence-corrected chi connectivity index (χ2v) is 4.08. The molecule has 0 aliphatic carbocycles. The Kier molecular flexibility index (Phi) is 2.29. The molecule has 0 atom stereocenters. The molecule has 1 fully saturated rings. The van der Waals surface area contributed by atoms with E-state index in [1.54, 1.807) is 28.2 Å². The first-order chi connectivity index (χ1) is 8.27. The molecular weight excluding hydrogens is 218 g/mol. The summed E-state index contributed by atoms with van der Waals surface area (Å²) in [6, 6.07) is 0. The molecule has 1 amide bonds. The van der Waals surface area contributed by atoms with Crippen LogP contribution in [0, 0.1) is 0 Å². The fourth-order valence-electron chi connectivity index (χ4n) is 2.12. The number of pyridine rings is 1. The van der Waals surface area contributed by atoms with Gasteiger partial charge in [-0.05, 0) is 0 Å². The molecule has 2 aromatic heterocycles. The fraction of sp³-hybridized carbons (Fsp3) is 0.364. The van der Waals surface area contributed by atoms with Crippen LogP contribution in [0.1, 0.15) is 0 Å². The van der Waals surface area contributed by atoms with Crippen molar-refractivity contribution in [2.45, 2.75) is 0 Å². The average Bonchev–Trinajstić information content (AvgIpc) is 2.72. The number of fused-ring (bicyclic) bond motifs is 1. The number of hydrogen-bond acceptors (Lipinski definition) is 4. The highest BCUT2D eigenvalue weighted by Gasteiger charge is 2.21. The summed E-state index contributed by atoms with van der Waals surface area (Å²) >= 11 is 0. The van der Waals surface area contributed by atoms with E-state index in [2.05, 4.69) is 15.4 Å². The molecule has 1 N–H and O–H groups in total. The minimum atomic E-state index is 0.0782. The molecule has 3 rings (SSSR count). The van der Waals surface area contributed by atoms with Gasteiger partial charge in [0.1, 0.15) is 0 Å². The largest absolute Gasteiger partial charge is 0.308 e. The van der Waals surface area contributed by atoms with Gasteiger partial charge in [-0.1, -0.05) is 0 Å². The zero-order chi connectivity index (χ0) is 11.8. The topological polar surface area (TPSA) is 63.1 Å². The second-order valence-electron chi connectivity index (χ2n) is 4.08. The summed E-state index contributed by atoms with van der Waals surface area (Å²) in [5, 5.41) is 8.22. The van der Waals surface area contributed by atoms with E-state index in [1.165, 1.54) is 0 Å². The van der Waals surface area contributed by atoms with Crippen molar-refractivity contribution in [1.82, 2.24) is 20.1 Å². The molecule has 0 bridgehead atoms. The Morgan fingerprint density at radius 3 is 3.06 bits per heavy atom. The number of aryl methyl sites for hydroxylation is 1. The van der Waals surface area contributed by atoms with Crippen LogP contribution in [0.25, 0.3) is 10.9 Å². The third-order valence-electron chi connectivity index (χ3n) is 3.03. The van der Waals surface area contributed by atoms with Crippen molar-refractivity contribution in [3.8, 4) is 0 Å². The number of hydrogen-bond donors (Lipinski definition) is 1. The summed E-state index contributed by atoms with van der Waals surface area (Å²) in [4.78, 5) is 17.8. The van der Waals surface area contributed by atoms with E-state index in [9.17, 15) is 4.79 Å². The monoisotopic (exact) mass is 231 g/mol. The summed E-state index contributed by atoms with van der Waals surface area (Å²) in [5.74, 6) is 0.0782. The number of carbonyl (C=O) groups excluding carboxylic acids is 1. The molecule has 17 heavy (non-hydrogen) atoms. The van der Waals surface area contributed by atoms with Crippen LogP contribution in [-0.4, -0.2) is 40.3 Å². The third-order valence-corrected chi connectivity index (χ3v) is 3.03. The van der Waals surface area contributed by atoms with E-state index in [-0.39, 0.29) is 5.91 Å². The van der Waals surface area contributed by atoms with Crippen LogP contribution in [0.3, 0.4) is 0 Å². The summed E-state index contributed by atoms with van der Waals surface area (Å²) in [5.41, 5.74) is 1.79. The lowest BCUT2D eigenvalue weighted by Gasteiger charge is -2.27. The minimum absolute atomic E-state index is 0.0782. The number of carbonyl (C=O) groups is 1. The fourth-order valence-corrected chi connectivity index (χ4v) is 2.12.